The molecule has 0 N–H and O–H groups in total. The highest BCUT2D eigenvalue weighted by molar-refractivity contribution is 7.86. The molecular weight excluding hydrogens is 260 g/mol. The molecule has 3 aliphatic rings. The predicted molar refractivity (Wildman–Crippen MR) is 75.2 cm³/mol. The van der Waals surface area contributed by atoms with Crippen LogP contribution in [-0.2, 0) is 14.3 Å². The Morgan fingerprint density at radius 1 is 1.11 bits per heavy atom. The quantitative estimate of drug-likeness (QED) is 0.731. The largest absolute Gasteiger partial charge is 0.266 e. The van der Waals surface area contributed by atoms with Crippen molar-refractivity contribution in [2.24, 2.45) is 22.2 Å². The monoisotopic (exact) mass is 286 g/mol. The SMILES string of the molecule is CC1(C)C[C@@]2(C)CCC3CCC[C@@]32[C@@H]1OS(C)(=O)=O. The normalized spacial score (nSPS) is 48.2. The van der Waals surface area contributed by atoms with Crippen molar-refractivity contribution in [3.05, 3.63) is 0 Å². The van der Waals surface area contributed by atoms with Crippen molar-refractivity contribution in [1.29, 1.82) is 0 Å². The maximum absolute atomic E-state index is 11.7. The molecule has 3 fully saturated rings. The fourth-order valence-electron chi connectivity index (χ4n) is 6.13. The van der Waals surface area contributed by atoms with Crippen LogP contribution >= 0.6 is 0 Å². The van der Waals surface area contributed by atoms with E-state index in [9.17, 15) is 8.42 Å². The summed E-state index contributed by atoms with van der Waals surface area (Å²) >= 11 is 0. The molecule has 0 bridgehead atoms. The van der Waals surface area contributed by atoms with E-state index in [0.29, 0.717) is 5.92 Å². The smallest absolute Gasteiger partial charge is 0.264 e. The Bertz CT molecular complexity index is 496. The van der Waals surface area contributed by atoms with Crippen LogP contribution in [0.1, 0.15) is 59.3 Å². The number of rotatable bonds is 2. The minimum absolute atomic E-state index is 0.0408. The molecular formula is C15H26O3S. The first-order valence-electron chi connectivity index (χ1n) is 7.49. The molecule has 110 valence electrons. The average Bonchev–Trinajstić information content (AvgIpc) is 2.78. The highest BCUT2D eigenvalue weighted by atomic mass is 32.2. The van der Waals surface area contributed by atoms with E-state index in [1.54, 1.807) is 0 Å². The van der Waals surface area contributed by atoms with E-state index in [-0.39, 0.29) is 22.3 Å². The predicted octanol–water partition coefficient (Wildman–Crippen LogP) is 3.35. The first-order valence-corrected chi connectivity index (χ1v) is 9.31. The van der Waals surface area contributed by atoms with Gasteiger partial charge < -0.3 is 0 Å². The molecule has 1 unspecified atom stereocenters. The molecule has 0 radical (unpaired) electrons. The molecule has 3 rings (SSSR count). The van der Waals surface area contributed by atoms with Gasteiger partial charge in [-0.25, -0.2) is 0 Å². The van der Waals surface area contributed by atoms with Crippen LogP contribution in [0.5, 0.6) is 0 Å². The lowest BCUT2D eigenvalue weighted by atomic mass is 9.65. The van der Waals surface area contributed by atoms with Crippen LogP contribution in [0.4, 0.5) is 0 Å². The van der Waals surface area contributed by atoms with E-state index in [1.165, 1.54) is 31.9 Å². The molecule has 0 aromatic carbocycles. The van der Waals surface area contributed by atoms with Gasteiger partial charge in [-0.2, -0.15) is 8.42 Å². The van der Waals surface area contributed by atoms with Gasteiger partial charge in [-0.1, -0.05) is 27.2 Å². The van der Waals surface area contributed by atoms with Crippen molar-refractivity contribution in [2.45, 2.75) is 65.4 Å². The first kappa shape index (κ1) is 13.9. The molecule has 0 saturated heterocycles. The highest BCUT2D eigenvalue weighted by Gasteiger charge is 2.71. The van der Waals surface area contributed by atoms with Crippen molar-refractivity contribution in [3.8, 4) is 0 Å². The Morgan fingerprint density at radius 2 is 1.79 bits per heavy atom. The zero-order valence-electron chi connectivity index (χ0n) is 12.5. The van der Waals surface area contributed by atoms with E-state index in [1.807, 2.05) is 0 Å². The molecule has 0 heterocycles. The molecule has 0 amide bonds. The zero-order valence-corrected chi connectivity index (χ0v) is 13.3. The van der Waals surface area contributed by atoms with Gasteiger partial charge in [-0.3, -0.25) is 4.18 Å². The summed E-state index contributed by atoms with van der Waals surface area (Å²) in [5, 5.41) is 0. The van der Waals surface area contributed by atoms with Gasteiger partial charge in [0.1, 0.15) is 0 Å². The molecule has 0 aromatic heterocycles. The molecule has 0 aliphatic heterocycles. The van der Waals surface area contributed by atoms with Gasteiger partial charge in [-0.05, 0) is 48.9 Å². The van der Waals surface area contributed by atoms with E-state index in [2.05, 4.69) is 20.8 Å². The van der Waals surface area contributed by atoms with Crippen LogP contribution in [0.25, 0.3) is 0 Å². The summed E-state index contributed by atoms with van der Waals surface area (Å²) in [6, 6.07) is 0. The molecule has 3 nitrogen and oxygen atoms in total. The summed E-state index contributed by atoms with van der Waals surface area (Å²) in [5.74, 6) is 0.672. The molecule has 1 spiro atoms. The van der Waals surface area contributed by atoms with Crippen molar-refractivity contribution >= 4 is 10.1 Å². The summed E-state index contributed by atoms with van der Waals surface area (Å²) in [5.41, 5.74) is 0.341. The average molecular weight is 286 g/mol. The van der Waals surface area contributed by atoms with Crippen LogP contribution in [-0.4, -0.2) is 20.8 Å². The van der Waals surface area contributed by atoms with Gasteiger partial charge in [0.2, 0.25) is 0 Å². The van der Waals surface area contributed by atoms with E-state index < -0.39 is 10.1 Å². The second-order valence-corrected chi connectivity index (χ2v) is 9.68. The second-order valence-electron chi connectivity index (χ2n) is 8.07. The third-order valence-electron chi connectivity index (χ3n) is 6.33. The molecule has 4 heteroatoms. The van der Waals surface area contributed by atoms with Crippen LogP contribution in [0.15, 0.2) is 0 Å². The highest BCUT2D eigenvalue weighted by Crippen LogP contribution is 2.75. The Hall–Kier alpha value is -0.0900. The molecule has 19 heavy (non-hydrogen) atoms. The van der Waals surface area contributed by atoms with Crippen molar-refractivity contribution < 1.29 is 12.6 Å². The Kier molecular flexibility index (Phi) is 2.74. The van der Waals surface area contributed by atoms with Gasteiger partial charge in [0.15, 0.2) is 0 Å². The maximum atomic E-state index is 11.7. The lowest BCUT2D eigenvalue weighted by Gasteiger charge is -2.43. The van der Waals surface area contributed by atoms with Crippen molar-refractivity contribution in [3.63, 3.8) is 0 Å². The number of hydrogen-bond acceptors (Lipinski definition) is 3. The Balaban J connectivity index is 2.09. The minimum atomic E-state index is -3.39. The van der Waals surface area contributed by atoms with Gasteiger partial charge in [0.25, 0.3) is 10.1 Å². The fraction of sp³-hybridized carbons (Fsp3) is 1.00. The maximum Gasteiger partial charge on any atom is 0.264 e. The Morgan fingerprint density at radius 3 is 2.42 bits per heavy atom. The summed E-state index contributed by atoms with van der Waals surface area (Å²) < 4.78 is 29.1. The zero-order chi connectivity index (χ0) is 14.1. The van der Waals surface area contributed by atoms with E-state index in [4.69, 9.17) is 4.18 Å². The van der Waals surface area contributed by atoms with Gasteiger partial charge >= 0.3 is 0 Å². The van der Waals surface area contributed by atoms with E-state index >= 15 is 0 Å². The van der Waals surface area contributed by atoms with E-state index in [0.717, 1.165) is 12.8 Å². The first-order chi connectivity index (χ1) is 8.61. The summed E-state index contributed by atoms with van der Waals surface area (Å²) in [7, 11) is -3.39. The lowest BCUT2D eigenvalue weighted by Crippen LogP contribution is -2.45. The standard InChI is InChI=1S/C15H26O3S/c1-13(2)10-14(3)9-7-11-6-5-8-15(11,14)12(13)18-19(4,16)17/h11-12H,5-10H2,1-4H3/t11?,12-,14-,15+/m1/s1. The van der Waals surface area contributed by atoms with Crippen molar-refractivity contribution in [2.75, 3.05) is 6.26 Å². The Labute approximate surface area is 117 Å². The van der Waals surface area contributed by atoms with Crippen LogP contribution < -0.4 is 0 Å². The molecule has 3 aliphatic carbocycles. The minimum Gasteiger partial charge on any atom is -0.266 e. The second kappa shape index (κ2) is 3.76. The lowest BCUT2D eigenvalue weighted by molar-refractivity contribution is -0.0233. The van der Waals surface area contributed by atoms with Gasteiger partial charge in [0, 0.05) is 5.41 Å². The summed E-state index contributed by atoms with van der Waals surface area (Å²) in [6.45, 7) is 6.76. The summed E-state index contributed by atoms with van der Waals surface area (Å²) in [6.07, 6.45) is 8.31. The molecule has 0 aromatic rings. The van der Waals surface area contributed by atoms with Gasteiger partial charge in [0.05, 0.1) is 12.4 Å². The van der Waals surface area contributed by atoms with Crippen LogP contribution in [0, 0.1) is 22.2 Å². The van der Waals surface area contributed by atoms with Crippen molar-refractivity contribution in [1.82, 2.24) is 0 Å². The number of hydrogen-bond donors (Lipinski definition) is 0. The summed E-state index contributed by atoms with van der Waals surface area (Å²) in [4.78, 5) is 0. The third-order valence-corrected chi connectivity index (χ3v) is 6.88. The fourth-order valence-corrected chi connectivity index (χ4v) is 6.91. The van der Waals surface area contributed by atoms with Crippen LogP contribution in [0.2, 0.25) is 0 Å². The third kappa shape index (κ3) is 1.75. The van der Waals surface area contributed by atoms with Crippen LogP contribution in [0.3, 0.4) is 0 Å². The topological polar surface area (TPSA) is 43.4 Å². The van der Waals surface area contributed by atoms with Gasteiger partial charge in [-0.15, -0.1) is 0 Å². The molecule has 3 saturated carbocycles. The molecule has 4 atom stereocenters.